The highest BCUT2D eigenvalue weighted by Gasteiger charge is 2.14. The van der Waals surface area contributed by atoms with E-state index in [2.05, 4.69) is 5.92 Å². The summed E-state index contributed by atoms with van der Waals surface area (Å²) in [6.45, 7) is 2.54. The van der Waals surface area contributed by atoms with E-state index in [9.17, 15) is 9.18 Å². The van der Waals surface area contributed by atoms with Gasteiger partial charge in [-0.15, -0.1) is 6.42 Å². The van der Waals surface area contributed by atoms with E-state index in [0.29, 0.717) is 12.1 Å². The normalized spacial score (nSPS) is 9.62. The van der Waals surface area contributed by atoms with E-state index < -0.39 is 5.82 Å². The first-order valence-corrected chi connectivity index (χ1v) is 5.15. The van der Waals surface area contributed by atoms with Crippen molar-refractivity contribution in [1.82, 2.24) is 4.90 Å². The highest BCUT2D eigenvalue weighted by Crippen LogP contribution is 2.17. The number of hydrogen-bond acceptors (Lipinski definition) is 1. The van der Waals surface area contributed by atoms with Gasteiger partial charge in [-0.05, 0) is 25.1 Å². The first-order valence-electron chi connectivity index (χ1n) is 4.78. The van der Waals surface area contributed by atoms with Crippen molar-refractivity contribution in [2.75, 3.05) is 13.1 Å². The van der Waals surface area contributed by atoms with Crippen LogP contribution in [0.3, 0.4) is 0 Å². The Hall–Kier alpha value is -1.53. The second-order valence-electron chi connectivity index (χ2n) is 3.15. The molecule has 0 bridgehead atoms. The maximum Gasteiger partial charge on any atom is 0.254 e. The molecule has 0 aliphatic carbocycles. The fraction of sp³-hybridized carbons (Fsp3) is 0.250. The van der Waals surface area contributed by atoms with Gasteiger partial charge in [-0.1, -0.05) is 17.5 Å². The fourth-order valence-corrected chi connectivity index (χ4v) is 1.43. The molecule has 0 N–H and O–H groups in total. The molecule has 0 saturated heterocycles. The molecule has 0 radical (unpaired) electrons. The topological polar surface area (TPSA) is 20.3 Å². The van der Waals surface area contributed by atoms with E-state index in [0.717, 1.165) is 0 Å². The highest BCUT2D eigenvalue weighted by atomic mass is 35.5. The van der Waals surface area contributed by atoms with Gasteiger partial charge in [0.15, 0.2) is 0 Å². The molecule has 0 aromatic heterocycles. The minimum absolute atomic E-state index is 0.0670. The first-order chi connectivity index (χ1) is 7.60. The third-order valence-electron chi connectivity index (χ3n) is 2.12. The van der Waals surface area contributed by atoms with Gasteiger partial charge in [0.05, 0.1) is 11.6 Å². The largest absolute Gasteiger partial charge is 0.328 e. The van der Waals surface area contributed by atoms with Crippen molar-refractivity contribution in [2.24, 2.45) is 0 Å². The quantitative estimate of drug-likeness (QED) is 0.743. The third kappa shape index (κ3) is 2.74. The zero-order valence-electron chi connectivity index (χ0n) is 8.84. The number of carbonyl (C=O) groups excluding carboxylic acids is 1. The van der Waals surface area contributed by atoms with Crippen molar-refractivity contribution < 1.29 is 9.18 Å². The number of halogens is 2. The number of amides is 1. The smallest absolute Gasteiger partial charge is 0.254 e. The zero-order chi connectivity index (χ0) is 12.1. The molecule has 0 aliphatic heterocycles. The molecule has 16 heavy (non-hydrogen) atoms. The lowest BCUT2D eigenvalue weighted by molar-refractivity contribution is 0.0785. The van der Waals surface area contributed by atoms with Crippen molar-refractivity contribution in [3.05, 3.63) is 34.6 Å². The van der Waals surface area contributed by atoms with Crippen LogP contribution in [0.1, 0.15) is 17.3 Å². The second kappa shape index (κ2) is 5.53. The molecule has 0 saturated carbocycles. The summed E-state index contributed by atoms with van der Waals surface area (Å²) >= 11 is 5.60. The summed E-state index contributed by atoms with van der Waals surface area (Å²) in [6, 6.07) is 3.86. The molecule has 4 heteroatoms. The average molecular weight is 240 g/mol. The van der Waals surface area contributed by atoms with E-state index in [-0.39, 0.29) is 17.5 Å². The molecule has 1 amide bonds. The maximum absolute atomic E-state index is 12.9. The molecule has 1 aromatic carbocycles. The number of benzene rings is 1. The Bertz CT molecular complexity index is 439. The van der Waals surface area contributed by atoms with E-state index in [1.54, 1.807) is 0 Å². The van der Waals surface area contributed by atoms with Crippen LogP contribution >= 0.6 is 11.6 Å². The lowest BCUT2D eigenvalue weighted by atomic mass is 10.2. The monoisotopic (exact) mass is 239 g/mol. The molecular weight excluding hydrogens is 229 g/mol. The third-order valence-corrected chi connectivity index (χ3v) is 2.41. The number of hydrogen-bond donors (Lipinski definition) is 0. The molecule has 1 aromatic rings. The molecule has 0 unspecified atom stereocenters. The van der Waals surface area contributed by atoms with Crippen LogP contribution < -0.4 is 0 Å². The van der Waals surface area contributed by atoms with Gasteiger partial charge in [0, 0.05) is 12.1 Å². The summed E-state index contributed by atoms with van der Waals surface area (Å²) < 4.78 is 12.9. The van der Waals surface area contributed by atoms with Crippen molar-refractivity contribution >= 4 is 17.5 Å². The molecule has 0 aliphatic rings. The summed E-state index contributed by atoms with van der Waals surface area (Å²) in [5, 5.41) is -0.0670. The number of nitrogens with zero attached hydrogens (tertiary/aromatic N) is 1. The summed E-state index contributed by atoms with van der Waals surface area (Å²) in [4.78, 5) is 13.4. The maximum atomic E-state index is 12.9. The molecule has 0 fully saturated rings. The predicted molar refractivity (Wildman–Crippen MR) is 61.8 cm³/mol. The van der Waals surface area contributed by atoms with Gasteiger partial charge in [-0.25, -0.2) is 4.39 Å². The Balaban J connectivity index is 2.95. The number of rotatable bonds is 3. The minimum atomic E-state index is -0.543. The number of terminal acetylenes is 1. The Morgan fingerprint density at radius 1 is 1.62 bits per heavy atom. The molecule has 2 nitrogen and oxygen atoms in total. The van der Waals surface area contributed by atoms with Crippen LogP contribution in [0.15, 0.2) is 18.2 Å². The lowest BCUT2D eigenvalue weighted by Crippen LogP contribution is -2.31. The van der Waals surface area contributed by atoms with Crippen molar-refractivity contribution in [1.29, 1.82) is 0 Å². The van der Waals surface area contributed by atoms with Crippen molar-refractivity contribution in [3.8, 4) is 12.3 Å². The average Bonchev–Trinajstić information content (AvgIpc) is 2.28. The Morgan fingerprint density at radius 3 is 2.81 bits per heavy atom. The molecule has 1 rings (SSSR count). The van der Waals surface area contributed by atoms with Gasteiger partial charge in [-0.3, -0.25) is 4.79 Å². The van der Waals surface area contributed by atoms with Crippen molar-refractivity contribution in [2.45, 2.75) is 6.92 Å². The second-order valence-corrected chi connectivity index (χ2v) is 3.56. The summed E-state index contributed by atoms with van der Waals surface area (Å²) in [5.41, 5.74) is 0.337. The van der Waals surface area contributed by atoms with Crippen LogP contribution in [0, 0.1) is 18.2 Å². The SMILES string of the molecule is C#CCN(CC)C(=O)c1ccc(F)c(Cl)c1. The predicted octanol–water partition coefficient (Wildman–Crippen LogP) is 2.57. The molecule has 0 heterocycles. The summed E-state index contributed by atoms with van der Waals surface area (Å²) in [6.07, 6.45) is 5.14. The van der Waals surface area contributed by atoms with Gasteiger partial charge in [-0.2, -0.15) is 0 Å². The van der Waals surface area contributed by atoms with Crippen LogP contribution in [-0.2, 0) is 0 Å². The van der Waals surface area contributed by atoms with E-state index >= 15 is 0 Å². The van der Waals surface area contributed by atoms with E-state index in [1.807, 2.05) is 6.92 Å². The van der Waals surface area contributed by atoms with Crippen molar-refractivity contribution in [3.63, 3.8) is 0 Å². The Morgan fingerprint density at radius 2 is 2.31 bits per heavy atom. The van der Waals surface area contributed by atoms with Crippen LogP contribution in [0.5, 0.6) is 0 Å². The van der Waals surface area contributed by atoms with Crippen LogP contribution in [0.2, 0.25) is 5.02 Å². The summed E-state index contributed by atoms with van der Waals surface area (Å²) in [5.74, 6) is 1.60. The summed E-state index contributed by atoms with van der Waals surface area (Å²) in [7, 11) is 0. The van der Waals surface area contributed by atoms with Gasteiger partial charge in [0.2, 0.25) is 0 Å². The Labute approximate surface area is 99.0 Å². The standard InChI is InChI=1S/C12H11ClFNO/c1-3-7-15(4-2)12(16)9-5-6-11(14)10(13)8-9/h1,5-6,8H,4,7H2,2H3. The van der Waals surface area contributed by atoms with Crippen LogP contribution in [0.25, 0.3) is 0 Å². The molecule has 84 valence electrons. The molecule has 0 atom stereocenters. The van der Waals surface area contributed by atoms with E-state index in [4.69, 9.17) is 18.0 Å². The van der Waals surface area contributed by atoms with Gasteiger partial charge in [0.25, 0.3) is 5.91 Å². The fourth-order valence-electron chi connectivity index (χ4n) is 1.25. The van der Waals surface area contributed by atoms with Crippen LogP contribution in [-0.4, -0.2) is 23.9 Å². The van der Waals surface area contributed by atoms with Gasteiger partial charge >= 0.3 is 0 Å². The van der Waals surface area contributed by atoms with E-state index in [1.165, 1.54) is 23.1 Å². The number of carbonyl (C=O) groups is 1. The Kier molecular flexibility index (Phi) is 4.33. The molecule has 0 spiro atoms. The molecular formula is C12H11ClFNO. The van der Waals surface area contributed by atoms with Crippen LogP contribution in [0.4, 0.5) is 4.39 Å². The highest BCUT2D eigenvalue weighted by molar-refractivity contribution is 6.31. The minimum Gasteiger partial charge on any atom is -0.328 e. The van der Waals surface area contributed by atoms with Gasteiger partial charge < -0.3 is 4.90 Å². The zero-order valence-corrected chi connectivity index (χ0v) is 9.59. The van der Waals surface area contributed by atoms with Gasteiger partial charge in [0.1, 0.15) is 5.82 Å². The lowest BCUT2D eigenvalue weighted by Gasteiger charge is -2.17. The first kappa shape index (κ1) is 12.5.